The Bertz CT molecular complexity index is 837. The number of likely N-dealkylation sites (tertiary alicyclic amines) is 1. The largest absolute Gasteiger partial charge is 0.454 e. The van der Waals surface area contributed by atoms with Gasteiger partial charge in [0.15, 0.2) is 17.3 Å². The van der Waals surface area contributed by atoms with Gasteiger partial charge in [0.2, 0.25) is 18.6 Å². The zero-order chi connectivity index (χ0) is 18.9. The zero-order valence-electron chi connectivity index (χ0n) is 15.6. The summed E-state index contributed by atoms with van der Waals surface area (Å²) in [6, 6.07) is 6.04. The molecule has 2 aromatic rings. The van der Waals surface area contributed by atoms with Crippen molar-refractivity contribution >= 4 is 5.91 Å². The number of nitrogens with zero attached hydrogens (tertiary/aromatic N) is 3. The molecule has 0 spiro atoms. The van der Waals surface area contributed by atoms with Crippen LogP contribution in [0.5, 0.6) is 11.5 Å². The Balaban J connectivity index is 1.44. The first-order valence-corrected chi connectivity index (χ1v) is 9.01. The molecule has 1 atom stereocenters. The van der Waals surface area contributed by atoms with Crippen LogP contribution in [0.2, 0.25) is 0 Å². The number of piperidine rings is 1. The lowest BCUT2D eigenvalue weighted by Gasteiger charge is -2.40. The van der Waals surface area contributed by atoms with Crippen LogP contribution in [-0.4, -0.2) is 41.4 Å². The number of hydrogen-bond acceptors (Lipinski definition) is 7. The van der Waals surface area contributed by atoms with Gasteiger partial charge in [-0.25, -0.2) is 0 Å². The first kappa shape index (κ1) is 17.8. The minimum atomic E-state index is -0.0308. The lowest BCUT2D eigenvalue weighted by atomic mass is 9.76. The molecule has 2 aliphatic rings. The molecule has 4 rings (SSSR count). The first-order valence-electron chi connectivity index (χ1n) is 9.01. The second-order valence-corrected chi connectivity index (χ2v) is 7.46. The van der Waals surface area contributed by atoms with Gasteiger partial charge in [0.05, 0.1) is 6.54 Å². The minimum absolute atomic E-state index is 0.0308. The number of carbonyl (C=O) groups excluding carboxylic acids is 1. The quantitative estimate of drug-likeness (QED) is 0.768. The summed E-state index contributed by atoms with van der Waals surface area (Å²) in [6.07, 6.45) is 2.21. The number of benzene rings is 1. The van der Waals surface area contributed by atoms with Crippen LogP contribution < -0.4 is 9.47 Å². The predicted octanol–water partition coefficient (Wildman–Crippen LogP) is 2.32. The highest BCUT2D eigenvalue weighted by molar-refractivity contribution is 5.77. The Kier molecular flexibility index (Phi) is 4.73. The van der Waals surface area contributed by atoms with Crippen LogP contribution >= 0.6 is 0 Å². The summed E-state index contributed by atoms with van der Waals surface area (Å²) in [5.74, 6) is 2.61. The topological polar surface area (TPSA) is 86.9 Å². The van der Waals surface area contributed by atoms with Gasteiger partial charge in [-0.3, -0.25) is 4.79 Å². The van der Waals surface area contributed by atoms with Gasteiger partial charge in [0, 0.05) is 20.1 Å². The number of aromatic nitrogens is 2. The molecule has 0 aliphatic carbocycles. The molecule has 1 amide bonds. The molecule has 0 saturated carbocycles. The van der Waals surface area contributed by atoms with Gasteiger partial charge in [-0.05, 0) is 36.0 Å². The van der Waals surface area contributed by atoms with E-state index in [0.29, 0.717) is 37.8 Å². The first-order chi connectivity index (χ1) is 13.0. The third-order valence-corrected chi connectivity index (χ3v) is 5.05. The van der Waals surface area contributed by atoms with Crippen LogP contribution in [-0.2, 0) is 29.1 Å². The van der Waals surface area contributed by atoms with E-state index in [4.69, 9.17) is 18.7 Å². The van der Waals surface area contributed by atoms with Crippen molar-refractivity contribution in [2.75, 3.05) is 20.4 Å². The van der Waals surface area contributed by atoms with Crippen LogP contribution in [0.3, 0.4) is 0 Å². The molecule has 8 heteroatoms. The number of rotatable bonds is 6. The lowest BCUT2D eigenvalue weighted by Crippen LogP contribution is -2.45. The van der Waals surface area contributed by atoms with E-state index in [1.165, 1.54) is 5.56 Å². The Morgan fingerprint density at radius 3 is 3.00 bits per heavy atom. The molecule has 8 nitrogen and oxygen atoms in total. The zero-order valence-corrected chi connectivity index (χ0v) is 15.6. The standard InChI is InChI=1S/C19H23N3O5/c1-19(8-13-3-4-14-15(7-13)26-12-25-14)6-5-18(23)22(11-19)9-17-20-16(10-24-2)21-27-17/h3-4,7H,5-6,8-12H2,1-2H3. The fourth-order valence-corrected chi connectivity index (χ4v) is 3.73. The molecule has 1 aromatic heterocycles. The maximum atomic E-state index is 12.4. The third-order valence-electron chi connectivity index (χ3n) is 5.05. The monoisotopic (exact) mass is 373 g/mol. The minimum Gasteiger partial charge on any atom is -0.454 e. The van der Waals surface area contributed by atoms with Crippen molar-refractivity contribution in [3.63, 3.8) is 0 Å². The molecule has 1 fully saturated rings. The van der Waals surface area contributed by atoms with Gasteiger partial charge in [0.1, 0.15) is 6.61 Å². The molecule has 0 radical (unpaired) electrons. The molecular weight excluding hydrogens is 350 g/mol. The SMILES string of the molecule is COCc1noc(CN2CC(C)(Cc3ccc4c(c3)OCO4)CCC2=O)n1. The smallest absolute Gasteiger partial charge is 0.246 e. The summed E-state index contributed by atoms with van der Waals surface area (Å²) >= 11 is 0. The fourth-order valence-electron chi connectivity index (χ4n) is 3.73. The summed E-state index contributed by atoms with van der Waals surface area (Å²) in [5.41, 5.74) is 1.15. The van der Waals surface area contributed by atoms with E-state index in [0.717, 1.165) is 24.3 Å². The molecule has 27 heavy (non-hydrogen) atoms. The summed E-state index contributed by atoms with van der Waals surface area (Å²) in [4.78, 5) is 18.5. The van der Waals surface area contributed by atoms with Crippen molar-refractivity contribution in [2.24, 2.45) is 5.41 Å². The maximum Gasteiger partial charge on any atom is 0.246 e. The Morgan fingerprint density at radius 1 is 1.30 bits per heavy atom. The summed E-state index contributed by atoms with van der Waals surface area (Å²) < 4.78 is 21.1. The molecule has 1 aromatic carbocycles. The van der Waals surface area contributed by atoms with Crippen molar-refractivity contribution in [1.82, 2.24) is 15.0 Å². The van der Waals surface area contributed by atoms with Crippen LogP contribution in [0.1, 0.15) is 37.0 Å². The van der Waals surface area contributed by atoms with Gasteiger partial charge in [0.25, 0.3) is 0 Å². The van der Waals surface area contributed by atoms with E-state index in [1.54, 1.807) is 12.0 Å². The fraction of sp³-hybridized carbons (Fsp3) is 0.526. The highest BCUT2D eigenvalue weighted by Crippen LogP contribution is 2.38. The van der Waals surface area contributed by atoms with Crippen molar-refractivity contribution in [3.05, 3.63) is 35.5 Å². The van der Waals surface area contributed by atoms with Gasteiger partial charge >= 0.3 is 0 Å². The molecule has 0 bridgehead atoms. The van der Waals surface area contributed by atoms with E-state index in [9.17, 15) is 4.79 Å². The predicted molar refractivity (Wildman–Crippen MR) is 94.0 cm³/mol. The van der Waals surface area contributed by atoms with Gasteiger partial charge in [-0.2, -0.15) is 4.98 Å². The average Bonchev–Trinajstić information content (AvgIpc) is 3.27. The van der Waals surface area contributed by atoms with Crippen molar-refractivity contribution in [2.45, 2.75) is 39.3 Å². The number of methoxy groups -OCH3 is 1. The molecule has 1 saturated heterocycles. The van der Waals surface area contributed by atoms with E-state index in [-0.39, 0.29) is 18.1 Å². The van der Waals surface area contributed by atoms with Gasteiger partial charge < -0.3 is 23.6 Å². The number of hydrogen-bond donors (Lipinski definition) is 0. The molecule has 1 unspecified atom stereocenters. The molecule has 3 heterocycles. The second-order valence-electron chi connectivity index (χ2n) is 7.46. The van der Waals surface area contributed by atoms with Crippen molar-refractivity contribution in [1.29, 1.82) is 0 Å². The van der Waals surface area contributed by atoms with Crippen LogP contribution in [0.4, 0.5) is 0 Å². The second kappa shape index (κ2) is 7.19. The van der Waals surface area contributed by atoms with Gasteiger partial charge in [-0.15, -0.1) is 0 Å². The molecular formula is C19H23N3O5. The summed E-state index contributed by atoms with van der Waals surface area (Å²) in [7, 11) is 1.58. The highest BCUT2D eigenvalue weighted by Gasteiger charge is 2.36. The number of fused-ring (bicyclic) bond motifs is 1. The highest BCUT2D eigenvalue weighted by atomic mass is 16.7. The van der Waals surface area contributed by atoms with E-state index >= 15 is 0 Å². The van der Waals surface area contributed by atoms with Crippen LogP contribution in [0.25, 0.3) is 0 Å². The number of ether oxygens (including phenoxy) is 3. The molecule has 0 N–H and O–H groups in total. The third kappa shape index (κ3) is 3.90. The Hall–Kier alpha value is -2.61. The normalized spacial score (nSPS) is 21.7. The average molecular weight is 373 g/mol. The van der Waals surface area contributed by atoms with Crippen molar-refractivity contribution < 1.29 is 23.5 Å². The van der Waals surface area contributed by atoms with E-state index in [2.05, 4.69) is 23.1 Å². The van der Waals surface area contributed by atoms with E-state index < -0.39 is 0 Å². The molecule has 2 aliphatic heterocycles. The number of carbonyl (C=O) groups is 1. The number of amides is 1. The lowest BCUT2D eigenvalue weighted by molar-refractivity contribution is -0.138. The van der Waals surface area contributed by atoms with Crippen molar-refractivity contribution in [3.8, 4) is 11.5 Å². The summed E-state index contributed by atoms with van der Waals surface area (Å²) in [6.45, 7) is 3.74. The summed E-state index contributed by atoms with van der Waals surface area (Å²) in [5, 5.41) is 3.86. The van der Waals surface area contributed by atoms with Gasteiger partial charge in [-0.1, -0.05) is 18.1 Å². The van der Waals surface area contributed by atoms with E-state index in [1.807, 2.05) is 12.1 Å². The maximum absolute atomic E-state index is 12.4. The Labute approximate surface area is 157 Å². The Morgan fingerprint density at radius 2 is 2.15 bits per heavy atom. The molecule has 144 valence electrons. The van der Waals surface area contributed by atoms with Crippen LogP contribution in [0.15, 0.2) is 22.7 Å². The van der Waals surface area contributed by atoms with Crippen LogP contribution in [0, 0.1) is 5.41 Å².